The van der Waals surface area contributed by atoms with Crippen LogP contribution in [0.4, 0.5) is 0 Å². The number of aryl methyl sites for hydroxylation is 1. The lowest BCUT2D eigenvalue weighted by Crippen LogP contribution is -2.33. The highest BCUT2D eigenvalue weighted by atomic mass is 16.1. The topological polar surface area (TPSA) is 44.9 Å². The maximum Gasteiger partial charge on any atom is 0.248 e. The van der Waals surface area contributed by atoms with Gasteiger partial charge >= 0.3 is 0 Å². The third-order valence-corrected chi connectivity index (χ3v) is 3.54. The zero-order chi connectivity index (χ0) is 12.3. The molecule has 3 heteroatoms. The summed E-state index contributed by atoms with van der Waals surface area (Å²) in [6.45, 7) is 4.45. The fourth-order valence-electron chi connectivity index (χ4n) is 2.73. The van der Waals surface area contributed by atoms with E-state index in [9.17, 15) is 4.79 Å². The molecular formula is C14H22N2O. The van der Waals surface area contributed by atoms with E-state index in [0.717, 1.165) is 18.5 Å². The van der Waals surface area contributed by atoms with E-state index in [-0.39, 0.29) is 5.56 Å². The molecule has 3 nitrogen and oxygen atoms in total. The first-order chi connectivity index (χ1) is 8.20. The standard InChI is InChI=1S/C14H22N2O/c1-3-5-10(2)15-12-6-4-7-13-11(12)8-9-14(17)16-13/h8-10,12,15H,3-7H2,1-2H3,(H,16,17). The van der Waals surface area contributed by atoms with Gasteiger partial charge in [-0.2, -0.15) is 0 Å². The minimum atomic E-state index is 0.0195. The summed E-state index contributed by atoms with van der Waals surface area (Å²) in [5.74, 6) is 0. The predicted octanol–water partition coefficient (Wildman–Crippen LogP) is 2.53. The number of nitrogens with one attached hydrogen (secondary N) is 2. The second-order valence-corrected chi connectivity index (χ2v) is 5.06. The smallest absolute Gasteiger partial charge is 0.248 e. The molecule has 0 radical (unpaired) electrons. The van der Waals surface area contributed by atoms with Crippen LogP contribution in [-0.2, 0) is 6.42 Å². The molecule has 0 bridgehead atoms. The van der Waals surface area contributed by atoms with Gasteiger partial charge in [0.05, 0.1) is 0 Å². The van der Waals surface area contributed by atoms with Crippen molar-refractivity contribution in [1.82, 2.24) is 10.3 Å². The normalized spacial score (nSPS) is 20.9. The van der Waals surface area contributed by atoms with Crippen LogP contribution in [0.25, 0.3) is 0 Å². The maximum atomic E-state index is 11.3. The first-order valence-corrected chi connectivity index (χ1v) is 6.69. The molecule has 94 valence electrons. The Labute approximate surface area is 103 Å². The summed E-state index contributed by atoms with van der Waals surface area (Å²) < 4.78 is 0. The predicted molar refractivity (Wildman–Crippen MR) is 70.2 cm³/mol. The molecule has 1 heterocycles. The molecule has 1 aromatic heterocycles. The SMILES string of the molecule is CCCC(C)NC1CCCc2[nH]c(=O)ccc21. The van der Waals surface area contributed by atoms with Gasteiger partial charge in [-0.1, -0.05) is 19.4 Å². The Kier molecular flexibility index (Phi) is 4.00. The van der Waals surface area contributed by atoms with Gasteiger partial charge in [0, 0.05) is 23.8 Å². The summed E-state index contributed by atoms with van der Waals surface area (Å²) in [5, 5.41) is 3.67. The first kappa shape index (κ1) is 12.4. The Morgan fingerprint density at radius 2 is 2.35 bits per heavy atom. The summed E-state index contributed by atoms with van der Waals surface area (Å²) in [6.07, 6.45) is 5.75. The molecule has 2 atom stereocenters. The largest absolute Gasteiger partial charge is 0.326 e. The molecule has 2 N–H and O–H groups in total. The summed E-state index contributed by atoms with van der Waals surface area (Å²) in [6, 6.07) is 4.59. The second kappa shape index (κ2) is 5.50. The molecule has 0 aromatic carbocycles. The minimum Gasteiger partial charge on any atom is -0.326 e. The van der Waals surface area contributed by atoms with E-state index in [0.29, 0.717) is 12.1 Å². The molecule has 17 heavy (non-hydrogen) atoms. The molecule has 1 aromatic rings. The molecule has 0 fully saturated rings. The van der Waals surface area contributed by atoms with Crippen molar-refractivity contribution in [2.45, 2.75) is 58.0 Å². The van der Waals surface area contributed by atoms with Gasteiger partial charge in [0.1, 0.15) is 0 Å². The molecule has 0 aliphatic heterocycles. The van der Waals surface area contributed by atoms with Crippen LogP contribution >= 0.6 is 0 Å². The zero-order valence-corrected chi connectivity index (χ0v) is 10.8. The van der Waals surface area contributed by atoms with Crippen molar-refractivity contribution in [2.75, 3.05) is 0 Å². The summed E-state index contributed by atoms with van der Waals surface area (Å²) in [4.78, 5) is 14.3. The van der Waals surface area contributed by atoms with Crippen LogP contribution < -0.4 is 10.9 Å². The zero-order valence-electron chi connectivity index (χ0n) is 10.8. The van der Waals surface area contributed by atoms with Crippen molar-refractivity contribution in [3.05, 3.63) is 33.7 Å². The van der Waals surface area contributed by atoms with Crippen LogP contribution in [0.2, 0.25) is 0 Å². The van der Waals surface area contributed by atoms with E-state index in [4.69, 9.17) is 0 Å². The highest BCUT2D eigenvalue weighted by molar-refractivity contribution is 5.26. The lowest BCUT2D eigenvalue weighted by Gasteiger charge is -2.28. The quantitative estimate of drug-likeness (QED) is 0.841. The first-order valence-electron chi connectivity index (χ1n) is 6.69. The Morgan fingerprint density at radius 1 is 1.53 bits per heavy atom. The van der Waals surface area contributed by atoms with Crippen LogP contribution in [0, 0.1) is 0 Å². The van der Waals surface area contributed by atoms with E-state index in [1.54, 1.807) is 6.07 Å². The van der Waals surface area contributed by atoms with Crippen LogP contribution in [0.3, 0.4) is 0 Å². The van der Waals surface area contributed by atoms with Gasteiger partial charge in [-0.15, -0.1) is 0 Å². The Hall–Kier alpha value is -1.09. The average molecular weight is 234 g/mol. The number of rotatable bonds is 4. The lowest BCUT2D eigenvalue weighted by atomic mass is 9.90. The van der Waals surface area contributed by atoms with E-state index < -0.39 is 0 Å². The third kappa shape index (κ3) is 2.97. The Bertz CT molecular complexity index is 424. The van der Waals surface area contributed by atoms with Crippen molar-refractivity contribution < 1.29 is 0 Å². The summed E-state index contributed by atoms with van der Waals surface area (Å²) >= 11 is 0. The number of hydrogen-bond donors (Lipinski definition) is 2. The van der Waals surface area contributed by atoms with Gasteiger partial charge in [-0.05, 0) is 38.2 Å². The number of aromatic amines is 1. The van der Waals surface area contributed by atoms with Crippen molar-refractivity contribution in [3.63, 3.8) is 0 Å². The summed E-state index contributed by atoms with van der Waals surface area (Å²) in [5.41, 5.74) is 2.44. The molecule has 0 saturated carbocycles. The molecule has 0 spiro atoms. The second-order valence-electron chi connectivity index (χ2n) is 5.06. The highest BCUT2D eigenvalue weighted by Gasteiger charge is 2.21. The number of hydrogen-bond acceptors (Lipinski definition) is 2. The van der Waals surface area contributed by atoms with Crippen LogP contribution in [0.1, 0.15) is 56.8 Å². The van der Waals surface area contributed by atoms with Gasteiger partial charge in [-0.3, -0.25) is 4.79 Å². The molecule has 2 rings (SSSR count). The molecule has 1 aliphatic rings. The van der Waals surface area contributed by atoms with Crippen molar-refractivity contribution in [2.24, 2.45) is 0 Å². The Balaban J connectivity index is 2.14. The average Bonchev–Trinajstić information content (AvgIpc) is 2.29. The van der Waals surface area contributed by atoms with Crippen molar-refractivity contribution in [1.29, 1.82) is 0 Å². The number of H-pyrrole nitrogens is 1. The number of aromatic nitrogens is 1. The Morgan fingerprint density at radius 3 is 3.12 bits per heavy atom. The van der Waals surface area contributed by atoms with Gasteiger partial charge in [0.15, 0.2) is 0 Å². The van der Waals surface area contributed by atoms with Crippen LogP contribution in [0.5, 0.6) is 0 Å². The van der Waals surface area contributed by atoms with E-state index in [1.165, 1.54) is 24.8 Å². The van der Waals surface area contributed by atoms with E-state index in [2.05, 4.69) is 24.1 Å². The third-order valence-electron chi connectivity index (χ3n) is 3.54. The fourth-order valence-corrected chi connectivity index (χ4v) is 2.73. The van der Waals surface area contributed by atoms with Crippen molar-refractivity contribution in [3.8, 4) is 0 Å². The lowest BCUT2D eigenvalue weighted by molar-refractivity contribution is 0.390. The molecule has 1 aliphatic carbocycles. The maximum absolute atomic E-state index is 11.3. The van der Waals surface area contributed by atoms with Crippen LogP contribution in [-0.4, -0.2) is 11.0 Å². The highest BCUT2D eigenvalue weighted by Crippen LogP contribution is 2.28. The van der Waals surface area contributed by atoms with E-state index in [1.807, 2.05) is 6.07 Å². The van der Waals surface area contributed by atoms with E-state index >= 15 is 0 Å². The minimum absolute atomic E-state index is 0.0195. The molecule has 0 saturated heterocycles. The molecular weight excluding hydrogens is 212 g/mol. The van der Waals surface area contributed by atoms with Gasteiger partial charge in [-0.25, -0.2) is 0 Å². The monoisotopic (exact) mass is 234 g/mol. The van der Waals surface area contributed by atoms with Crippen LogP contribution in [0.15, 0.2) is 16.9 Å². The fraction of sp³-hybridized carbons (Fsp3) is 0.643. The molecule has 0 amide bonds. The van der Waals surface area contributed by atoms with Crippen molar-refractivity contribution >= 4 is 0 Å². The number of pyridine rings is 1. The molecule has 2 unspecified atom stereocenters. The van der Waals surface area contributed by atoms with Gasteiger partial charge in [0.25, 0.3) is 0 Å². The number of fused-ring (bicyclic) bond motifs is 1. The van der Waals surface area contributed by atoms with Gasteiger partial charge < -0.3 is 10.3 Å². The summed E-state index contributed by atoms with van der Waals surface area (Å²) in [7, 11) is 0. The van der Waals surface area contributed by atoms with Gasteiger partial charge in [0.2, 0.25) is 5.56 Å².